The van der Waals surface area contributed by atoms with Crippen LogP contribution in [0.1, 0.15) is 27.6 Å². The maximum absolute atomic E-state index is 12.3. The quantitative estimate of drug-likeness (QED) is 0.535. The molecule has 2 atom stereocenters. The van der Waals surface area contributed by atoms with Crippen LogP contribution >= 0.6 is 23.2 Å². The molecule has 0 aliphatic carbocycles. The van der Waals surface area contributed by atoms with Gasteiger partial charge in [0.15, 0.2) is 0 Å². The number of aliphatic hydroxyl groups is 1. The van der Waals surface area contributed by atoms with E-state index >= 15 is 0 Å². The summed E-state index contributed by atoms with van der Waals surface area (Å²) < 4.78 is 5.49. The summed E-state index contributed by atoms with van der Waals surface area (Å²) in [5.41, 5.74) is 0.647. The third-order valence-corrected chi connectivity index (χ3v) is 4.34. The van der Waals surface area contributed by atoms with Crippen molar-refractivity contribution in [3.05, 3.63) is 63.9 Å². The molecular weight excluding hydrogens is 405 g/mol. The van der Waals surface area contributed by atoms with Gasteiger partial charge >= 0.3 is 0 Å². The third-order valence-electron chi connectivity index (χ3n) is 3.84. The SMILES string of the molecule is CCO[C@H](CNC(=O)c1ccc(Cl)nc1Cl)[C@@H](O)CNC(=O)c1ccccc1. The van der Waals surface area contributed by atoms with Gasteiger partial charge < -0.3 is 20.5 Å². The third kappa shape index (κ3) is 6.45. The first-order valence-corrected chi connectivity index (χ1v) is 9.41. The average Bonchev–Trinajstić information content (AvgIpc) is 2.69. The number of nitrogens with one attached hydrogen (secondary N) is 2. The van der Waals surface area contributed by atoms with Gasteiger partial charge in [0.05, 0.1) is 11.7 Å². The van der Waals surface area contributed by atoms with Crippen LogP contribution in [-0.4, -0.2) is 53.8 Å². The molecule has 0 aliphatic rings. The molecule has 0 radical (unpaired) electrons. The van der Waals surface area contributed by atoms with E-state index in [1.54, 1.807) is 31.2 Å². The predicted octanol–water partition coefficient (Wildman–Crippen LogP) is 2.31. The van der Waals surface area contributed by atoms with Crippen LogP contribution in [-0.2, 0) is 4.74 Å². The minimum absolute atomic E-state index is 0.0198. The summed E-state index contributed by atoms with van der Waals surface area (Å²) in [5.74, 6) is -0.780. The number of hydrogen-bond donors (Lipinski definition) is 3. The monoisotopic (exact) mass is 425 g/mol. The molecule has 2 rings (SSSR count). The highest BCUT2D eigenvalue weighted by Crippen LogP contribution is 2.16. The molecule has 1 aromatic heterocycles. The molecule has 0 bridgehead atoms. The Morgan fingerprint density at radius 1 is 1.07 bits per heavy atom. The van der Waals surface area contributed by atoms with Crippen molar-refractivity contribution >= 4 is 35.0 Å². The molecule has 2 aromatic rings. The normalized spacial score (nSPS) is 12.9. The van der Waals surface area contributed by atoms with E-state index in [0.717, 1.165) is 0 Å². The molecule has 1 heterocycles. The van der Waals surface area contributed by atoms with E-state index in [1.807, 2.05) is 6.07 Å². The Kier molecular flexibility index (Phi) is 8.66. The van der Waals surface area contributed by atoms with Crippen LogP contribution in [0.5, 0.6) is 0 Å². The number of nitrogens with zero attached hydrogens (tertiary/aromatic N) is 1. The summed E-state index contributed by atoms with van der Waals surface area (Å²) in [5, 5.41) is 15.8. The Morgan fingerprint density at radius 2 is 1.75 bits per heavy atom. The summed E-state index contributed by atoms with van der Waals surface area (Å²) in [6.07, 6.45) is -1.74. The lowest BCUT2D eigenvalue weighted by molar-refractivity contribution is -0.0287. The van der Waals surface area contributed by atoms with Gasteiger partial charge in [-0.2, -0.15) is 0 Å². The largest absolute Gasteiger partial charge is 0.388 e. The summed E-state index contributed by atoms with van der Waals surface area (Å²) >= 11 is 11.6. The molecule has 7 nitrogen and oxygen atoms in total. The molecule has 2 amide bonds. The summed E-state index contributed by atoms with van der Waals surface area (Å²) in [4.78, 5) is 28.2. The van der Waals surface area contributed by atoms with Crippen molar-refractivity contribution in [3.63, 3.8) is 0 Å². The highest BCUT2D eigenvalue weighted by Gasteiger charge is 2.22. The van der Waals surface area contributed by atoms with E-state index in [9.17, 15) is 14.7 Å². The molecule has 0 saturated heterocycles. The number of hydrogen-bond acceptors (Lipinski definition) is 5. The molecule has 9 heteroatoms. The Morgan fingerprint density at radius 3 is 2.39 bits per heavy atom. The molecule has 1 aromatic carbocycles. The minimum Gasteiger partial charge on any atom is -0.388 e. The van der Waals surface area contributed by atoms with E-state index in [2.05, 4.69) is 15.6 Å². The number of pyridine rings is 1. The molecule has 0 fully saturated rings. The second kappa shape index (κ2) is 11.0. The lowest BCUT2D eigenvalue weighted by Gasteiger charge is -2.23. The maximum Gasteiger partial charge on any atom is 0.254 e. The fourth-order valence-electron chi connectivity index (χ4n) is 2.41. The number of ether oxygens (including phenoxy) is 1. The van der Waals surface area contributed by atoms with Crippen molar-refractivity contribution in [2.45, 2.75) is 19.1 Å². The number of carbonyl (C=O) groups excluding carboxylic acids is 2. The highest BCUT2D eigenvalue weighted by atomic mass is 35.5. The van der Waals surface area contributed by atoms with E-state index in [4.69, 9.17) is 27.9 Å². The smallest absolute Gasteiger partial charge is 0.254 e. The predicted molar refractivity (Wildman–Crippen MR) is 107 cm³/mol. The number of carbonyl (C=O) groups is 2. The van der Waals surface area contributed by atoms with Crippen LogP contribution < -0.4 is 10.6 Å². The zero-order valence-electron chi connectivity index (χ0n) is 15.2. The van der Waals surface area contributed by atoms with Crippen LogP contribution in [0, 0.1) is 0 Å². The fourth-order valence-corrected chi connectivity index (χ4v) is 2.84. The minimum atomic E-state index is -1.02. The van der Waals surface area contributed by atoms with Gasteiger partial charge in [0.2, 0.25) is 0 Å². The second-order valence-electron chi connectivity index (χ2n) is 5.82. The first-order valence-electron chi connectivity index (χ1n) is 8.65. The first-order chi connectivity index (χ1) is 13.4. The van der Waals surface area contributed by atoms with Crippen molar-refractivity contribution in [3.8, 4) is 0 Å². The van der Waals surface area contributed by atoms with Gasteiger partial charge in [-0.15, -0.1) is 0 Å². The molecule has 0 spiro atoms. The number of benzene rings is 1. The average molecular weight is 426 g/mol. The first kappa shape index (κ1) is 22.1. The maximum atomic E-state index is 12.3. The Labute approximate surface area is 173 Å². The number of amides is 2. The zero-order valence-corrected chi connectivity index (χ0v) is 16.7. The molecular formula is C19H21Cl2N3O4. The van der Waals surface area contributed by atoms with Gasteiger partial charge in [0.25, 0.3) is 11.8 Å². The Balaban J connectivity index is 1.90. The van der Waals surface area contributed by atoms with Crippen LogP contribution in [0.4, 0.5) is 0 Å². The van der Waals surface area contributed by atoms with Crippen LogP contribution in [0.3, 0.4) is 0 Å². The number of rotatable bonds is 9. The standard InChI is InChI=1S/C19H21Cl2N3O4/c1-2-28-15(11-23-19(27)13-8-9-16(20)24-17(13)21)14(25)10-22-18(26)12-6-4-3-5-7-12/h3-9,14-15,25H,2,10-11H2,1H3,(H,22,26)(H,23,27)/t14-,15+/m0/s1. The van der Waals surface area contributed by atoms with Gasteiger partial charge in [0.1, 0.15) is 16.4 Å². The van der Waals surface area contributed by atoms with Crippen molar-refractivity contribution in [2.75, 3.05) is 19.7 Å². The molecule has 0 unspecified atom stereocenters. The van der Waals surface area contributed by atoms with Crippen LogP contribution in [0.25, 0.3) is 0 Å². The molecule has 150 valence electrons. The van der Waals surface area contributed by atoms with E-state index in [-0.39, 0.29) is 34.9 Å². The van der Waals surface area contributed by atoms with E-state index < -0.39 is 18.1 Å². The van der Waals surface area contributed by atoms with E-state index in [1.165, 1.54) is 12.1 Å². The van der Waals surface area contributed by atoms with Gasteiger partial charge in [-0.3, -0.25) is 9.59 Å². The lowest BCUT2D eigenvalue weighted by atomic mass is 10.1. The Hall–Kier alpha value is -2.19. The van der Waals surface area contributed by atoms with Crippen LogP contribution in [0.15, 0.2) is 42.5 Å². The van der Waals surface area contributed by atoms with Gasteiger partial charge in [-0.25, -0.2) is 4.98 Å². The fraction of sp³-hybridized carbons (Fsp3) is 0.316. The summed E-state index contributed by atoms with van der Waals surface area (Å²) in [7, 11) is 0. The van der Waals surface area contributed by atoms with Crippen LogP contribution in [0.2, 0.25) is 10.3 Å². The molecule has 0 saturated carbocycles. The van der Waals surface area contributed by atoms with E-state index in [0.29, 0.717) is 12.2 Å². The second-order valence-corrected chi connectivity index (χ2v) is 6.56. The van der Waals surface area contributed by atoms with Crippen molar-refractivity contribution in [2.24, 2.45) is 0 Å². The molecule has 0 aliphatic heterocycles. The summed E-state index contributed by atoms with van der Waals surface area (Å²) in [6, 6.07) is 11.6. The summed E-state index contributed by atoms with van der Waals surface area (Å²) in [6.45, 7) is 2.09. The molecule has 3 N–H and O–H groups in total. The Bertz CT molecular complexity index is 805. The zero-order chi connectivity index (χ0) is 20.5. The molecule has 28 heavy (non-hydrogen) atoms. The number of aromatic nitrogens is 1. The van der Waals surface area contributed by atoms with Gasteiger partial charge in [-0.1, -0.05) is 41.4 Å². The lowest BCUT2D eigenvalue weighted by Crippen LogP contribution is -2.46. The number of aliphatic hydroxyl groups excluding tert-OH is 1. The number of halogens is 2. The van der Waals surface area contributed by atoms with Gasteiger partial charge in [-0.05, 0) is 31.2 Å². The van der Waals surface area contributed by atoms with Gasteiger partial charge in [0, 0.05) is 25.3 Å². The topological polar surface area (TPSA) is 101 Å². The van der Waals surface area contributed by atoms with Crippen molar-refractivity contribution in [1.29, 1.82) is 0 Å². The highest BCUT2D eigenvalue weighted by molar-refractivity contribution is 6.34. The van der Waals surface area contributed by atoms with Crippen molar-refractivity contribution < 1.29 is 19.4 Å². The van der Waals surface area contributed by atoms with Crippen molar-refractivity contribution in [1.82, 2.24) is 15.6 Å².